The van der Waals surface area contributed by atoms with Gasteiger partial charge in [-0.15, -0.1) is 0 Å². The van der Waals surface area contributed by atoms with Gasteiger partial charge in [-0.1, -0.05) is 47.0 Å². The average Bonchev–Trinajstić information content (AvgIpc) is 2.99. The van der Waals surface area contributed by atoms with Crippen molar-refractivity contribution < 1.29 is 33.5 Å². The van der Waals surface area contributed by atoms with E-state index in [-0.39, 0.29) is 31.3 Å². The maximum atomic E-state index is 13.9. The first-order valence-corrected chi connectivity index (χ1v) is 15.2. The van der Waals surface area contributed by atoms with Crippen LogP contribution >= 0.6 is 0 Å². The zero-order valence-corrected chi connectivity index (χ0v) is 26.2. The number of carbonyl (C=O) groups is 6. The van der Waals surface area contributed by atoms with Crippen LogP contribution in [0.3, 0.4) is 0 Å². The summed E-state index contributed by atoms with van der Waals surface area (Å²) in [6.45, 7) is 7.22. The lowest BCUT2D eigenvalue weighted by atomic mass is 9.81. The van der Waals surface area contributed by atoms with Crippen LogP contribution in [0.2, 0.25) is 0 Å². The summed E-state index contributed by atoms with van der Waals surface area (Å²) < 4.78 is 4.76. The van der Waals surface area contributed by atoms with E-state index in [4.69, 9.17) is 4.74 Å². The van der Waals surface area contributed by atoms with Gasteiger partial charge in [0.15, 0.2) is 0 Å². The lowest BCUT2D eigenvalue weighted by molar-refractivity contribution is -0.153. The van der Waals surface area contributed by atoms with Gasteiger partial charge in [-0.05, 0) is 37.0 Å². The maximum Gasteiger partial charge on any atom is 0.291 e. The molecular weight excluding hydrogens is 570 g/mol. The van der Waals surface area contributed by atoms with Gasteiger partial charge in [0.05, 0.1) is 12.2 Å². The number of rotatable bonds is 13. The number of hydrogen-bond acceptors (Lipinski definition) is 9. The molecular formula is C30H45N7O7. The summed E-state index contributed by atoms with van der Waals surface area (Å²) in [5.74, 6) is -3.83. The Hall–Kier alpha value is -3.94. The molecule has 1 saturated heterocycles. The van der Waals surface area contributed by atoms with Gasteiger partial charge in [-0.25, -0.2) is 4.98 Å². The summed E-state index contributed by atoms with van der Waals surface area (Å²) in [6, 6.07) is -3.82. The van der Waals surface area contributed by atoms with E-state index < -0.39 is 64.9 Å². The first-order valence-electron chi connectivity index (χ1n) is 15.2. The molecule has 14 heteroatoms. The summed E-state index contributed by atoms with van der Waals surface area (Å²) in [5, 5.41) is 10.6. The van der Waals surface area contributed by atoms with Crippen molar-refractivity contribution in [2.75, 3.05) is 20.4 Å². The molecule has 1 aliphatic heterocycles. The van der Waals surface area contributed by atoms with Crippen molar-refractivity contribution in [2.45, 2.75) is 96.8 Å². The van der Waals surface area contributed by atoms with Gasteiger partial charge in [0, 0.05) is 26.0 Å². The van der Waals surface area contributed by atoms with Gasteiger partial charge in [-0.2, -0.15) is 0 Å². The molecule has 1 aliphatic carbocycles. The molecule has 0 radical (unpaired) electrons. The van der Waals surface area contributed by atoms with E-state index in [0.717, 1.165) is 32.1 Å². The third-order valence-electron chi connectivity index (χ3n) is 8.13. The van der Waals surface area contributed by atoms with Gasteiger partial charge in [0.25, 0.3) is 11.8 Å². The molecule has 4 N–H and O–H groups in total. The SMILES string of the molecule is CCC(NC(=O)C1CCN1C(=O)[C@@H](NC(=O)[C@@H](NC(=O)c1cnccn1)C1CCCCC1)C(C)(C)C)C(=O)C(=O)NCOC. The molecule has 4 atom stereocenters. The van der Waals surface area contributed by atoms with E-state index in [9.17, 15) is 28.8 Å². The number of nitrogens with one attached hydrogen (secondary N) is 4. The zero-order chi connectivity index (χ0) is 32.4. The molecule has 2 aliphatic rings. The molecule has 44 heavy (non-hydrogen) atoms. The standard InChI is InChI=1S/C30H45N7O7/c1-6-19(23(38)28(42)33-17-44-5)34-26(40)21-12-15-37(21)29(43)24(30(2,3)4)36-27(41)22(18-10-8-7-9-11-18)35-25(39)20-16-31-13-14-32-20/h13-14,16,18-19,21-22,24H,6-12,15,17H2,1-5H3,(H,33,42)(H,34,40)(H,35,39)(H,36,41)/t19?,21?,22-,24+/m0/s1. The lowest BCUT2D eigenvalue weighted by Gasteiger charge is -2.44. The van der Waals surface area contributed by atoms with Crippen LogP contribution in [-0.4, -0.2) is 94.7 Å². The van der Waals surface area contributed by atoms with E-state index in [1.165, 1.54) is 30.6 Å². The summed E-state index contributed by atoms with van der Waals surface area (Å²) in [4.78, 5) is 87.8. The number of aromatic nitrogens is 2. The van der Waals surface area contributed by atoms with Gasteiger partial charge >= 0.3 is 0 Å². The second-order valence-electron chi connectivity index (χ2n) is 12.4. The quantitative estimate of drug-likeness (QED) is 0.181. The fourth-order valence-electron chi connectivity index (χ4n) is 5.47. The van der Waals surface area contributed by atoms with Gasteiger partial charge in [0.2, 0.25) is 23.5 Å². The highest BCUT2D eigenvalue weighted by molar-refractivity contribution is 6.38. The zero-order valence-electron chi connectivity index (χ0n) is 26.2. The molecule has 2 fully saturated rings. The highest BCUT2D eigenvalue weighted by Gasteiger charge is 2.46. The van der Waals surface area contributed by atoms with E-state index in [0.29, 0.717) is 6.42 Å². The third-order valence-corrected chi connectivity index (χ3v) is 8.13. The Bertz CT molecular complexity index is 1200. The number of carbonyl (C=O) groups excluding carboxylic acids is 6. The van der Waals surface area contributed by atoms with Gasteiger partial charge in [-0.3, -0.25) is 33.8 Å². The molecule has 3 rings (SSSR count). The smallest absolute Gasteiger partial charge is 0.291 e. The number of methoxy groups -OCH3 is 1. The summed E-state index contributed by atoms with van der Waals surface area (Å²) in [6.07, 6.45) is 9.12. The second-order valence-corrected chi connectivity index (χ2v) is 12.4. The van der Waals surface area contributed by atoms with E-state index >= 15 is 0 Å². The molecule has 1 saturated carbocycles. The van der Waals surface area contributed by atoms with Crippen molar-refractivity contribution in [3.05, 3.63) is 24.3 Å². The summed E-state index contributed by atoms with van der Waals surface area (Å²) >= 11 is 0. The normalized spacial score (nSPS) is 19.0. The summed E-state index contributed by atoms with van der Waals surface area (Å²) in [7, 11) is 1.37. The molecule has 0 aromatic carbocycles. The molecule has 2 unspecified atom stereocenters. The number of amides is 5. The maximum absolute atomic E-state index is 13.9. The lowest BCUT2D eigenvalue weighted by Crippen LogP contribution is -2.66. The Morgan fingerprint density at radius 1 is 1.00 bits per heavy atom. The monoisotopic (exact) mass is 615 g/mol. The van der Waals surface area contributed by atoms with Gasteiger partial charge in [0.1, 0.15) is 30.6 Å². The van der Waals surface area contributed by atoms with Gasteiger partial charge < -0.3 is 30.9 Å². The number of hydrogen-bond donors (Lipinski definition) is 4. The Morgan fingerprint density at radius 3 is 2.25 bits per heavy atom. The molecule has 0 spiro atoms. The molecule has 5 amide bonds. The molecule has 1 aromatic rings. The number of likely N-dealkylation sites (tertiary alicyclic amines) is 1. The highest BCUT2D eigenvalue weighted by atomic mass is 16.5. The first-order chi connectivity index (χ1) is 20.9. The van der Waals surface area contributed by atoms with Crippen molar-refractivity contribution in [1.82, 2.24) is 36.1 Å². The molecule has 242 valence electrons. The van der Waals surface area contributed by atoms with Crippen molar-refractivity contribution >= 4 is 35.3 Å². The molecule has 14 nitrogen and oxygen atoms in total. The van der Waals surface area contributed by atoms with Crippen molar-refractivity contribution in [3.8, 4) is 0 Å². The van der Waals surface area contributed by atoms with Crippen molar-refractivity contribution in [2.24, 2.45) is 11.3 Å². The Kier molecular flexibility index (Phi) is 12.3. The van der Waals surface area contributed by atoms with Crippen LogP contribution in [-0.2, 0) is 28.7 Å². The van der Waals surface area contributed by atoms with Crippen molar-refractivity contribution in [1.29, 1.82) is 0 Å². The summed E-state index contributed by atoms with van der Waals surface area (Å²) in [5.41, 5.74) is -0.657. The molecule has 0 bridgehead atoms. The minimum atomic E-state index is -1.07. The van der Waals surface area contributed by atoms with Crippen LogP contribution < -0.4 is 21.3 Å². The van der Waals surface area contributed by atoms with Crippen LogP contribution in [0.25, 0.3) is 0 Å². The van der Waals surface area contributed by atoms with E-state index in [2.05, 4.69) is 31.2 Å². The fraction of sp³-hybridized carbons (Fsp3) is 0.667. The predicted octanol–water partition coefficient (Wildman–Crippen LogP) is 0.471. The molecule has 1 aromatic heterocycles. The Labute approximate surface area is 257 Å². The van der Waals surface area contributed by atoms with Crippen LogP contribution in [0.4, 0.5) is 0 Å². The van der Waals surface area contributed by atoms with E-state index in [1.807, 2.05) is 20.8 Å². The molecule has 2 heterocycles. The topological polar surface area (TPSA) is 189 Å². The number of Topliss-reactive ketones (excluding diaryl/α,β-unsaturated/α-hetero) is 1. The number of ketones is 1. The van der Waals surface area contributed by atoms with E-state index in [1.54, 1.807) is 6.92 Å². The Balaban J connectivity index is 1.73. The first kappa shape index (κ1) is 34.5. The largest absolute Gasteiger partial charge is 0.364 e. The second kappa shape index (κ2) is 15.7. The number of nitrogens with zero attached hydrogens (tertiary/aromatic N) is 3. The average molecular weight is 616 g/mol. The van der Waals surface area contributed by atoms with Crippen LogP contribution in [0.1, 0.15) is 83.1 Å². The van der Waals surface area contributed by atoms with Crippen LogP contribution in [0.5, 0.6) is 0 Å². The minimum absolute atomic E-state index is 0.0824. The van der Waals surface area contributed by atoms with Crippen LogP contribution in [0.15, 0.2) is 18.6 Å². The minimum Gasteiger partial charge on any atom is -0.364 e. The Morgan fingerprint density at radius 2 is 1.70 bits per heavy atom. The van der Waals surface area contributed by atoms with Crippen molar-refractivity contribution in [3.63, 3.8) is 0 Å². The third kappa shape index (κ3) is 8.80. The predicted molar refractivity (Wildman–Crippen MR) is 159 cm³/mol. The fourth-order valence-corrected chi connectivity index (χ4v) is 5.47. The number of ether oxygens (including phenoxy) is 1. The van der Waals surface area contributed by atoms with Crippen LogP contribution in [0, 0.1) is 11.3 Å². The highest BCUT2D eigenvalue weighted by Crippen LogP contribution is 2.29.